The number of aliphatic hydroxyl groups excluding tert-OH is 1. The van der Waals surface area contributed by atoms with Crippen molar-refractivity contribution in [1.29, 1.82) is 0 Å². The standard InChI is InChI=1S/C24H38BrN3O2/c1-24(2,3)27-23(30)22-12-18-6-4-5-7-19(18)15-28(22)16-21(29)14-26-13-17-8-10-20(25)11-9-17/h8-11,18-19,21-22,26,29H,4-7,12-16H2,1-3H3,(H,27,30)/t18-,19+,21+,22-/m0/s1. The van der Waals surface area contributed by atoms with Gasteiger partial charge in [0, 0.05) is 36.2 Å². The van der Waals surface area contributed by atoms with E-state index in [0.717, 1.165) is 24.0 Å². The Labute approximate surface area is 190 Å². The summed E-state index contributed by atoms with van der Waals surface area (Å²) in [6.07, 6.45) is 5.51. The number of nitrogens with one attached hydrogen (secondary N) is 2. The summed E-state index contributed by atoms with van der Waals surface area (Å²) in [6, 6.07) is 8.07. The number of aliphatic hydroxyl groups is 1. The van der Waals surface area contributed by atoms with E-state index in [4.69, 9.17) is 0 Å². The number of piperidine rings is 1. The van der Waals surface area contributed by atoms with Gasteiger partial charge in [-0.15, -0.1) is 0 Å². The molecule has 1 aliphatic carbocycles. The minimum atomic E-state index is -0.495. The number of benzene rings is 1. The molecule has 0 unspecified atom stereocenters. The Bertz CT molecular complexity index is 689. The van der Waals surface area contributed by atoms with Crippen LogP contribution in [0.2, 0.25) is 0 Å². The van der Waals surface area contributed by atoms with Crippen molar-refractivity contribution in [1.82, 2.24) is 15.5 Å². The molecule has 2 aliphatic rings. The molecule has 0 aromatic heterocycles. The van der Waals surface area contributed by atoms with E-state index in [-0.39, 0.29) is 17.5 Å². The quantitative estimate of drug-likeness (QED) is 0.557. The van der Waals surface area contributed by atoms with Gasteiger partial charge in [-0.25, -0.2) is 0 Å². The second-order valence-corrected chi connectivity index (χ2v) is 11.1. The van der Waals surface area contributed by atoms with E-state index >= 15 is 0 Å². The summed E-state index contributed by atoms with van der Waals surface area (Å²) in [6.45, 7) is 8.81. The van der Waals surface area contributed by atoms with Crippen molar-refractivity contribution in [3.63, 3.8) is 0 Å². The predicted molar refractivity (Wildman–Crippen MR) is 125 cm³/mol. The Morgan fingerprint density at radius 2 is 1.87 bits per heavy atom. The fourth-order valence-corrected chi connectivity index (χ4v) is 5.21. The molecular weight excluding hydrogens is 442 g/mol. The molecule has 4 atom stereocenters. The molecule has 0 spiro atoms. The monoisotopic (exact) mass is 479 g/mol. The summed E-state index contributed by atoms with van der Waals surface area (Å²) in [5.41, 5.74) is 0.952. The molecule has 0 radical (unpaired) electrons. The molecule has 5 nitrogen and oxygen atoms in total. The molecule has 30 heavy (non-hydrogen) atoms. The second-order valence-electron chi connectivity index (χ2n) is 10.2. The SMILES string of the molecule is CC(C)(C)NC(=O)[C@@H]1C[C@@H]2CCCC[C@@H]2CN1C[C@H](O)CNCc1ccc(Br)cc1. The number of β-amino-alcohol motifs (C(OH)–C–C–N with tert-alkyl or cyclic N) is 1. The van der Waals surface area contributed by atoms with Crippen LogP contribution in [0.1, 0.15) is 58.4 Å². The van der Waals surface area contributed by atoms with Crippen LogP contribution in [0.5, 0.6) is 0 Å². The first kappa shape index (κ1) is 23.7. The maximum absolute atomic E-state index is 13.1. The number of rotatable bonds is 7. The third-order valence-corrected chi connectivity index (χ3v) is 6.90. The summed E-state index contributed by atoms with van der Waals surface area (Å²) in [7, 11) is 0. The van der Waals surface area contributed by atoms with E-state index in [2.05, 4.69) is 43.6 Å². The molecular formula is C24H38BrN3O2. The molecule has 1 saturated carbocycles. The molecule has 1 aromatic carbocycles. The molecule has 168 valence electrons. The van der Waals surface area contributed by atoms with Gasteiger partial charge < -0.3 is 15.7 Å². The van der Waals surface area contributed by atoms with Gasteiger partial charge in [0.1, 0.15) is 0 Å². The van der Waals surface area contributed by atoms with Crippen LogP contribution in [0.3, 0.4) is 0 Å². The minimum absolute atomic E-state index is 0.113. The van der Waals surface area contributed by atoms with Gasteiger partial charge in [0.2, 0.25) is 5.91 Å². The van der Waals surface area contributed by atoms with E-state index in [1.165, 1.54) is 31.2 Å². The lowest BCUT2D eigenvalue weighted by atomic mass is 9.72. The number of carbonyl (C=O) groups is 1. The Hall–Kier alpha value is -0.950. The van der Waals surface area contributed by atoms with Crippen LogP contribution in [-0.2, 0) is 11.3 Å². The van der Waals surface area contributed by atoms with Crippen molar-refractivity contribution in [2.24, 2.45) is 11.8 Å². The third-order valence-electron chi connectivity index (χ3n) is 6.37. The number of nitrogens with zero attached hydrogens (tertiary/aromatic N) is 1. The Kier molecular flexibility index (Phi) is 8.36. The Morgan fingerprint density at radius 3 is 2.53 bits per heavy atom. The summed E-state index contributed by atoms with van der Waals surface area (Å²) in [5, 5.41) is 17.2. The van der Waals surface area contributed by atoms with Crippen LogP contribution in [-0.4, -0.2) is 53.2 Å². The highest BCUT2D eigenvalue weighted by molar-refractivity contribution is 9.10. The normalized spacial score (nSPS) is 26.1. The summed E-state index contributed by atoms with van der Waals surface area (Å²) >= 11 is 3.45. The first-order valence-corrected chi connectivity index (χ1v) is 12.2. The maximum atomic E-state index is 13.1. The highest BCUT2D eigenvalue weighted by Gasteiger charge is 2.40. The first-order valence-electron chi connectivity index (χ1n) is 11.4. The number of amides is 1. The lowest BCUT2D eigenvalue weighted by molar-refractivity contribution is -0.132. The average Bonchev–Trinajstić information content (AvgIpc) is 2.67. The molecule has 1 heterocycles. The van der Waals surface area contributed by atoms with Crippen LogP contribution in [0.15, 0.2) is 28.7 Å². The third kappa shape index (κ3) is 7.04. The van der Waals surface area contributed by atoms with E-state index in [9.17, 15) is 9.90 Å². The summed E-state index contributed by atoms with van der Waals surface area (Å²) < 4.78 is 1.07. The van der Waals surface area contributed by atoms with Gasteiger partial charge in [-0.05, 0) is 63.1 Å². The van der Waals surface area contributed by atoms with Gasteiger partial charge in [0.15, 0.2) is 0 Å². The molecule has 1 saturated heterocycles. The van der Waals surface area contributed by atoms with Crippen LogP contribution in [0.4, 0.5) is 0 Å². The number of halogens is 1. The van der Waals surface area contributed by atoms with E-state index in [0.29, 0.717) is 24.9 Å². The van der Waals surface area contributed by atoms with Crippen LogP contribution < -0.4 is 10.6 Å². The maximum Gasteiger partial charge on any atom is 0.237 e. The number of carbonyl (C=O) groups excluding carboxylic acids is 1. The highest BCUT2D eigenvalue weighted by atomic mass is 79.9. The van der Waals surface area contributed by atoms with Crippen molar-refractivity contribution in [2.45, 2.75) is 77.1 Å². The zero-order valence-corrected chi connectivity index (χ0v) is 20.2. The zero-order valence-electron chi connectivity index (χ0n) is 18.7. The fraction of sp³-hybridized carbons (Fsp3) is 0.708. The molecule has 3 N–H and O–H groups in total. The van der Waals surface area contributed by atoms with Crippen molar-refractivity contribution in [3.05, 3.63) is 34.3 Å². The largest absolute Gasteiger partial charge is 0.390 e. The molecule has 1 aromatic rings. The first-order chi connectivity index (χ1) is 14.2. The summed E-state index contributed by atoms with van der Waals surface area (Å²) in [5.74, 6) is 1.43. The number of likely N-dealkylation sites (tertiary alicyclic amines) is 1. The van der Waals surface area contributed by atoms with E-state index in [1.807, 2.05) is 32.9 Å². The van der Waals surface area contributed by atoms with Crippen molar-refractivity contribution >= 4 is 21.8 Å². The van der Waals surface area contributed by atoms with Crippen molar-refractivity contribution in [2.75, 3.05) is 19.6 Å². The molecule has 2 fully saturated rings. The van der Waals surface area contributed by atoms with Crippen molar-refractivity contribution < 1.29 is 9.90 Å². The smallest absolute Gasteiger partial charge is 0.237 e. The van der Waals surface area contributed by atoms with E-state index in [1.54, 1.807) is 0 Å². The van der Waals surface area contributed by atoms with E-state index < -0.39 is 6.10 Å². The Balaban J connectivity index is 1.56. The molecule has 3 rings (SSSR count). The zero-order chi connectivity index (χ0) is 21.7. The topological polar surface area (TPSA) is 64.6 Å². The molecule has 1 aliphatic heterocycles. The van der Waals surface area contributed by atoms with Gasteiger partial charge in [0.05, 0.1) is 12.1 Å². The van der Waals surface area contributed by atoms with Gasteiger partial charge >= 0.3 is 0 Å². The lowest BCUT2D eigenvalue weighted by Crippen LogP contribution is -2.59. The summed E-state index contributed by atoms with van der Waals surface area (Å²) in [4.78, 5) is 15.3. The van der Waals surface area contributed by atoms with Gasteiger partial charge in [-0.3, -0.25) is 9.69 Å². The van der Waals surface area contributed by atoms with Gasteiger partial charge in [-0.1, -0.05) is 47.3 Å². The lowest BCUT2D eigenvalue weighted by Gasteiger charge is -2.46. The second kappa shape index (κ2) is 10.6. The molecule has 0 bridgehead atoms. The molecule has 6 heteroatoms. The predicted octanol–water partition coefficient (Wildman–Crippen LogP) is 3.70. The number of fused-ring (bicyclic) bond motifs is 1. The Morgan fingerprint density at radius 1 is 1.20 bits per heavy atom. The highest BCUT2D eigenvalue weighted by Crippen LogP contribution is 2.38. The number of hydrogen-bond donors (Lipinski definition) is 3. The van der Waals surface area contributed by atoms with Gasteiger partial charge in [0.25, 0.3) is 0 Å². The molecule has 1 amide bonds. The van der Waals surface area contributed by atoms with Crippen LogP contribution >= 0.6 is 15.9 Å². The van der Waals surface area contributed by atoms with Crippen LogP contribution in [0.25, 0.3) is 0 Å². The fourth-order valence-electron chi connectivity index (χ4n) is 4.95. The minimum Gasteiger partial charge on any atom is -0.390 e. The average molecular weight is 480 g/mol. The number of hydrogen-bond acceptors (Lipinski definition) is 4. The van der Waals surface area contributed by atoms with Gasteiger partial charge in [-0.2, -0.15) is 0 Å². The van der Waals surface area contributed by atoms with Crippen LogP contribution in [0, 0.1) is 11.8 Å². The van der Waals surface area contributed by atoms with Crippen molar-refractivity contribution in [3.8, 4) is 0 Å².